The first-order valence-corrected chi connectivity index (χ1v) is 18.4. The van der Waals surface area contributed by atoms with Crippen molar-refractivity contribution in [2.75, 3.05) is 20.7 Å². The van der Waals surface area contributed by atoms with E-state index in [1.54, 1.807) is 38.1 Å². The first-order valence-electron chi connectivity index (χ1n) is 17.5. The zero-order valence-electron chi connectivity index (χ0n) is 30.9. The summed E-state index contributed by atoms with van der Waals surface area (Å²) in [5.41, 5.74) is -0.548. The number of carboxylic acid groups (broad SMARTS) is 1. The van der Waals surface area contributed by atoms with E-state index in [1.807, 2.05) is 6.07 Å². The van der Waals surface area contributed by atoms with Gasteiger partial charge in [-0.2, -0.15) is 0 Å². The Balaban J connectivity index is 0.000000198. The Morgan fingerprint density at radius 3 is 2.23 bits per heavy atom. The molecule has 2 aliphatic heterocycles. The van der Waals surface area contributed by atoms with Gasteiger partial charge in [-0.15, -0.1) is 11.8 Å². The molecular formula is C38H42N4O13S. The van der Waals surface area contributed by atoms with Crippen LogP contribution in [0, 0.1) is 11.8 Å². The van der Waals surface area contributed by atoms with Crippen molar-refractivity contribution in [2.24, 2.45) is 17.6 Å². The van der Waals surface area contributed by atoms with E-state index in [9.17, 15) is 59.4 Å². The molecule has 2 aromatic rings. The average Bonchev–Trinajstić information content (AvgIpc) is 3.38. The lowest BCUT2D eigenvalue weighted by atomic mass is 9.54. The number of hydrogen-bond donors (Lipinski definition) is 8. The summed E-state index contributed by atoms with van der Waals surface area (Å²) in [7, 11) is 3.01. The minimum absolute atomic E-state index is 0.170. The topological polar surface area (TPSA) is 278 Å². The summed E-state index contributed by atoms with van der Waals surface area (Å²) in [5, 5.41) is 66.5. The predicted octanol–water partition coefficient (Wildman–Crippen LogP) is 0.326. The molecule has 298 valence electrons. The normalized spacial score (nSPS) is 31.3. The van der Waals surface area contributed by atoms with E-state index in [0.717, 1.165) is 0 Å². The number of fused-ring (bicyclic) bond motifs is 4. The third-order valence-corrected chi connectivity index (χ3v) is 12.7. The van der Waals surface area contributed by atoms with Crippen molar-refractivity contribution in [1.29, 1.82) is 0 Å². The van der Waals surface area contributed by atoms with Gasteiger partial charge in [-0.25, -0.2) is 4.79 Å². The van der Waals surface area contributed by atoms with Crippen LogP contribution in [0.15, 0.2) is 65.4 Å². The molecule has 5 aliphatic rings. The van der Waals surface area contributed by atoms with Gasteiger partial charge in [0.15, 0.2) is 18.0 Å². The Morgan fingerprint density at radius 2 is 1.64 bits per heavy atom. The molecular weight excluding hydrogens is 752 g/mol. The molecule has 56 heavy (non-hydrogen) atoms. The van der Waals surface area contributed by atoms with Gasteiger partial charge in [-0.1, -0.05) is 30.3 Å². The van der Waals surface area contributed by atoms with Crippen LogP contribution in [0.25, 0.3) is 5.76 Å². The fourth-order valence-corrected chi connectivity index (χ4v) is 10.2. The molecule has 8 atom stereocenters. The fraction of sp³-hybridized carbons (Fsp3) is 0.421. The number of aliphatic hydroxyl groups is 4. The molecule has 18 heteroatoms. The van der Waals surface area contributed by atoms with E-state index < -0.39 is 104 Å². The number of carbonyl (C=O) groups is 6. The third kappa shape index (κ3) is 6.07. The van der Waals surface area contributed by atoms with Gasteiger partial charge in [-0.3, -0.25) is 28.9 Å². The molecule has 3 aliphatic carbocycles. The number of primary amides is 1. The molecule has 2 aromatic carbocycles. The summed E-state index contributed by atoms with van der Waals surface area (Å²) in [6.45, 7) is 4.79. The van der Waals surface area contributed by atoms with E-state index in [-0.39, 0.29) is 35.4 Å². The minimum Gasteiger partial charge on any atom is -0.508 e. The number of ketones is 2. The smallest absolute Gasteiger partial charge is 0.327 e. The molecule has 9 N–H and O–H groups in total. The number of para-hydroxylation sites is 1. The number of nitrogens with one attached hydrogen (secondary N) is 1. The number of likely N-dealkylation sites (N-methyl/N-ethyl adjacent to an activating group) is 1. The molecule has 2 heterocycles. The number of carbonyl (C=O) groups excluding carboxylic acids is 5. The minimum atomic E-state index is -2.75. The van der Waals surface area contributed by atoms with Crippen molar-refractivity contribution >= 4 is 52.8 Å². The second kappa shape index (κ2) is 13.9. The summed E-state index contributed by atoms with van der Waals surface area (Å²) < 4.78 is 4.74. The van der Waals surface area contributed by atoms with Crippen LogP contribution in [-0.2, 0) is 34.4 Å². The maximum atomic E-state index is 13.7. The molecule has 0 bridgehead atoms. The SMILES string of the molecule is CC1(C)S[C@@H]2[C@H](NC(=O)COc3ccccc3)C(=O)N2[C@H]1C(=O)O.CN(C)[C@H]1C(=O)C(C(N)=O)=C(O)[C@]2(O)C(=O)C3=C(O)c4c(O)cccc4[C@](C)(O)C3CC12. The maximum absolute atomic E-state index is 13.7. The Bertz CT molecular complexity index is 2120. The number of amides is 3. The predicted molar refractivity (Wildman–Crippen MR) is 198 cm³/mol. The Kier molecular flexibility index (Phi) is 10.0. The number of rotatable bonds is 7. The lowest BCUT2D eigenvalue weighted by Gasteiger charge is -2.53. The molecule has 0 radical (unpaired) electrons. The van der Waals surface area contributed by atoms with Crippen LogP contribution in [0.1, 0.15) is 38.3 Å². The number of nitrogens with zero attached hydrogens (tertiary/aromatic N) is 2. The number of aliphatic carboxylic acids is 1. The molecule has 3 amide bonds. The van der Waals surface area contributed by atoms with Gasteiger partial charge in [0, 0.05) is 22.2 Å². The summed E-state index contributed by atoms with van der Waals surface area (Å²) in [4.78, 5) is 77.0. The molecule has 7 rings (SSSR count). The molecule has 3 fully saturated rings. The number of phenolic OH excluding ortho intramolecular Hbond substituents is 1. The van der Waals surface area contributed by atoms with E-state index in [4.69, 9.17) is 10.5 Å². The first-order chi connectivity index (χ1) is 26.1. The summed E-state index contributed by atoms with van der Waals surface area (Å²) >= 11 is 1.39. The van der Waals surface area contributed by atoms with Gasteiger partial charge in [0.25, 0.3) is 11.8 Å². The van der Waals surface area contributed by atoms with Crippen molar-refractivity contribution in [3.05, 3.63) is 76.6 Å². The summed E-state index contributed by atoms with van der Waals surface area (Å²) in [5.74, 6) is -9.13. The van der Waals surface area contributed by atoms with Crippen LogP contribution < -0.4 is 15.8 Å². The number of carboxylic acids is 1. The van der Waals surface area contributed by atoms with Crippen molar-refractivity contribution < 1.29 is 64.1 Å². The van der Waals surface area contributed by atoms with E-state index in [2.05, 4.69) is 5.32 Å². The van der Waals surface area contributed by atoms with Crippen molar-refractivity contribution in [3.63, 3.8) is 0 Å². The number of phenols is 1. The number of ether oxygens (including phenoxy) is 1. The molecule has 17 nitrogen and oxygen atoms in total. The van der Waals surface area contributed by atoms with E-state index >= 15 is 0 Å². The first kappa shape index (κ1) is 40.2. The van der Waals surface area contributed by atoms with Gasteiger partial charge in [-0.05, 0) is 65.0 Å². The number of Topliss-reactive ketones (excluding diaryl/α,β-unsaturated/α-hetero) is 2. The molecule has 0 aromatic heterocycles. The lowest BCUT2D eigenvalue weighted by Crippen LogP contribution is -2.70. The van der Waals surface area contributed by atoms with Crippen LogP contribution in [0.3, 0.4) is 0 Å². The number of hydrogen-bond acceptors (Lipinski definition) is 14. The largest absolute Gasteiger partial charge is 0.508 e. The summed E-state index contributed by atoms with van der Waals surface area (Å²) in [6, 6.07) is 10.3. The molecule has 2 unspecified atom stereocenters. The van der Waals surface area contributed by atoms with Crippen LogP contribution in [-0.4, -0.2) is 130 Å². The highest BCUT2D eigenvalue weighted by Gasteiger charge is 2.67. The molecule has 0 spiro atoms. The van der Waals surface area contributed by atoms with Crippen molar-refractivity contribution in [2.45, 2.75) is 66.6 Å². The third-order valence-electron chi connectivity index (χ3n) is 11.1. The fourth-order valence-electron chi connectivity index (χ4n) is 8.53. The van der Waals surface area contributed by atoms with E-state index in [0.29, 0.717) is 5.75 Å². The van der Waals surface area contributed by atoms with Crippen LogP contribution in [0.2, 0.25) is 0 Å². The second-order valence-corrected chi connectivity index (χ2v) is 17.0. The van der Waals surface area contributed by atoms with E-state index in [1.165, 1.54) is 60.8 Å². The highest BCUT2D eigenvalue weighted by atomic mass is 32.2. The standard InChI is InChI=1S/C22H24N2O8.C16H18N2O5S/c1-21(31)8-5-4-6-11(25)12(8)16(26)13-9(21)7-10-15(24(2)3)17(27)14(20(23)30)19(29)22(10,32)18(13)28;1-16(2)12(15(21)22)18-13(20)11(14(18)24-16)17-10(19)8-23-9-6-4-3-5-7-9/h4-6,9-10,15,25-26,29,31-32H,7H2,1-3H3,(H2,23,30);3-7,11-12,14H,8H2,1-2H3,(H,17,19)(H,21,22)/t9?,10?,15-,21+,22-;11-,12+,14-/m11/s1. The monoisotopic (exact) mass is 794 g/mol. The van der Waals surface area contributed by atoms with Gasteiger partial charge in [0.05, 0.1) is 17.2 Å². The second-order valence-electron chi connectivity index (χ2n) is 15.2. The maximum Gasteiger partial charge on any atom is 0.327 e. The van der Waals surface area contributed by atoms with Crippen LogP contribution in [0.4, 0.5) is 0 Å². The Morgan fingerprint density at radius 1 is 1.00 bits per heavy atom. The van der Waals surface area contributed by atoms with Gasteiger partial charge >= 0.3 is 5.97 Å². The van der Waals surface area contributed by atoms with Crippen molar-refractivity contribution in [1.82, 2.24) is 15.1 Å². The highest BCUT2D eigenvalue weighted by Crippen LogP contribution is 2.57. The van der Waals surface area contributed by atoms with Gasteiger partial charge in [0.1, 0.15) is 46.0 Å². The number of thioether (sulfide) groups is 1. The van der Waals surface area contributed by atoms with Crippen LogP contribution in [0.5, 0.6) is 11.5 Å². The number of β-lactam (4-membered cyclic amide) rings is 1. The number of aliphatic hydroxyl groups excluding tert-OH is 2. The lowest BCUT2D eigenvalue weighted by molar-refractivity contribution is -0.161. The highest BCUT2D eigenvalue weighted by molar-refractivity contribution is 8.01. The van der Waals surface area contributed by atoms with Gasteiger partial charge in [0.2, 0.25) is 11.7 Å². The average molecular weight is 795 g/mol. The van der Waals surface area contributed by atoms with Crippen molar-refractivity contribution in [3.8, 4) is 11.5 Å². The Hall–Kier alpha value is -5.43. The van der Waals surface area contributed by atoms with Crippen LogP contribution >= 0.6 is 11.8 Å². The zero-order valence-corrected chi connectivity index (χ0v) is 31.7. The summed E-state index contributed by atoms with van der Waals surface area (Å²) in [6.07, 6.45) is -0.200. The molecule has 1 saturated carbocycles. The number of benzene rings is 2. The molecule has 2 saturated heterocycles. The zero-order chi connectivity index (χ0) is 41.4. The number of aromatic hydroxyl groups is 1. The Labute approximate surface area is 324 Å². The number of nitrogens with two attached hydrogens (primary N) is 1. The quantitative estimate of drug-likeness (QED) is 0.139. The van der Waals surface area contributed by atoms with Gasteiger partial charge < -0.3 is 51.3 Å².